The highest BCUT2D eigenvalue weighted by atomic mass is 127. The highest BCUT2D eigenvalue weighted by molar-refractivity contribution is 14.0. The molecule has 0 radical (unpaired) electrons. The van der Waals surface area contributed by atoms with Crippen LogP contribution in [0.3, 0.4) is 0 Å². The fourth-order valence-electron chi connectivity index (χ4n) is 2.77. The van der Waals surface area contributed by atoms with E-state index in [0.29, 0.717) is 18.9 Å². The number of H-pyrrole nitrogens is 1. The number of aliphatic imine (C=N–C) groups is 1. The number of aromatic nitrogens is 3. The first-order valence-corrected chi connectivity index (χ1v) is 8.99. The summed E-state index contributed by atoms with van der Waals surface area (Å²) in [5, 5.41) is 11.9. The average molecular weight is 482 g/mol. The molecule has 0 aliphatic carbocycles. The van der Waals surface area contributed by atoms with E-state index in [2.05, 4.69) is 55.1 Å². The molecule has 27 heavy (non-hydrogen) atoms. The molecule has 3 rings (SSSR count). The minimum absolute atomic E-state index is 0. The molecule has 8 heteroatoms. The van der Waals surface area contributed by atoms with Crippen molar-refractivity contribution >= 4 is 40.8 Å². The van der Waals surface area contributed by atoms with Crippen LogP contribution < -0.4 is 10.6 Å². The number of halogens is 1. The molecular weight excluding hydrogens is 455 g/mol. The first-order chi connectivity index (χ1) is 12.7. The number of rotatable bonds is 7. The normalized spacial score (nSPS) is 11.6. The molecule has 0 bridgehead atoms. The molecule has 3 N–H and O–H groups in total. The van der Waals surface area contributed by atoms with Crippen molar-refractivity contribution in [1.82, 2.24) is 25.8 Å². The number of guanidine groups is 1. The summed E-state index contributed by atoms with van der Waals surface area (Å²) in [6, 6.07) is 8.34. The van der Waals surface area contributed by atoms with Crippen LogP contribution >= 0.6 is 24.0 Å². The number of nitrogens with one attached hydrogen (secondary N) is 3. The van der Waals surface area contributed by atoms with E-state index in [1.807, 2.05) is 19.9 Å². The van der Waals surface area contributed by atoms with E-state index < -0.39 is 0 Å². The molecule has 0 aliphatic heterocycles. The van der Waals surface area contributed by atoms with Crippen LogP contribution in [0.15, 0.2) is 40.0 Å². The van der Waals surface area contributed by atoms with E-state index in [1.54, 1.807) is 7.05 Å². The van der Waals surface area contributed by atoms with Gasteiger partial charge in [-0.2, -0.15) is 4.98 Å². The summed E-state index contributed by atoms with van der Waals surface area (Å²) >= 11 is 0. The molecule has 1 aromatic carbocycles. The van der Waals surface area contributed by atoms with Crippen LogP contribution in [-0.4, -0.2) is 41.2 Å². The van der Waals surface area contributed by atoms with Crippen LogP contribution in [0, 0.1) is 0 Å². The number of hydrogen-bond donors (Lipinski definition) is 3. The second-order valence-corrected chi connectivity index (χ2v) is 6.49. The molecule has 0 spiro atoms. The minimum Gasteiger partial charge on any atom is -0.361 e. The van der Waals surface area contributed by atoms with Crippen LogP contribution in [0.2, 0.25) is 0 Å². The number of aromatic amines is 1. The molecule has 0 fully saturated rings. The standard InChI is InChI=1S/C19H26N6O.HI/c1-13(2)18-24-17(26-25-18)9-11-22-19(20-3)21-10-8-14-12-23-16-7-5-4-6-15(14)16;/h4-7,12-13,23H,8-11H2,1-3H3,(H2,20,21,22);1H. The highest BCUT2D eigenvalue weighted by Crippen LogP contribution is 2.17. The maximum absolute atomic E-state index is 5.25. The van der Waals surface area contributed by atoms with E-state index in [0.717, 1.165) is 24.7 Å². The van der Waals surface area contributed by atoms with Gasteiger partial charge in [0, 0.05) is 49.6 Å². The van der Waals surface area contributed by atoms with Crippen molar-refractivity contribution in [2.45, 2.75) is 32.6 Å². The van der Waals surface area contributed by atoms with Gasteiger partial charge in [-0.05, 0) is 18.1 Å². The van der Waals surface area contributed by atoms with Crippen molar-refractivity contribution in [3.8, 4) is 0 Å². The Morgan fingerprint density at radius 2 is 1.93 bits per heavy atom. The molecule has 2 aromatic heterocycles. The Kier molecular flexibility index (Phi) is 8.08. The minimum atomic E-state index is 0. The first kappa shape index (κ1) is 21.2. The molecule has 0 saturated carbocycles. The van der Waals surface area contributed by atoms with Crippen LogP contribution in [0.1, 0.15) is 37.0 Å². The number of hydrogen-bond acceptors (Lipinski definition) is 4. The Balaban J connectivity index is 0.00000261. The maximum Gasteiger partial charge on any atom is 0.228 e. The van der Waals surface area contributed by atoms with E-state index in [4.69, 9.17) is 4.52 Å². The molecule has 0 amide bonds. The summed E-state index contributed by atoms with van der Waals surface area (Å²) in [6.45, 7) is 5.59. The lowest BCUT2D eigenvalue weighted by Crippen LogP contribution is -2.39. The van der Waals surface area contributed by atoms with E-state index >= 15 is 0 Å². The van der Waals surface area contributed by atoms with Gasteiger partial charge in [-0.1, -0.05) is 37.2 Å². The molecule has 0 unspecified atom stereocenters. The largest absolute Gasteiger partial charge is 0.361 e. The van der Waals surface area contributed by atoms with Gasteiger partial charge in [0.25, 0.3) is 0 Å². The number of para-hydroxylation sites is 1. The number of fused-ring (bicyclic) bond motifs is 1. The van der Waals surface area contributed by atoms with E-state index in [9.17, 15) is 0 Å². The van der Waals surface area contributed by atoms with Crippen LogP contribution in [0.4, 0.5) is 0 Å². The van der Waals surface area contributed by atoms with Crippen molar-refractivity contribution in [3.63, 3.8) is 0 Å². The van der Waals surface area contributed by atoms with Gasteiger partial charge in [-0.15, -0.1) is 24.0 Å². The Bertz CT molecular complexity index is 870. The first-order valence-electron chi connectivity index (χ1n) is 8.99. The van der Waals surface area contributed by atoms with Crippen molar-refractivity contribution in [3.05, 3.63) is 47.7 Å². The van der Waals surface area contributed by atoms with E-state index in [-0.39, 0.29) is 29.9 Å². The zero-order valence-electron chi connectivity index (χ0n) is 16.0. The Morgan fingerprint density at radius 3 is 2.63 bits per heavy atom. The second kappa shape index (κ2) is 10.3. The van der Waals surface area contributed by atoms with Crippen molar-refractivity contribution in [2.24, 2.45) is 4.99 Å². The maximum atomic E-state index is 5.25. The molecule has 0 saturated heterocycles. The lowest BCUT2D eigenvalue weighted by atomic mass is 10.1. The van der Waals surface area contributed by atoms with Crippen LogP contribution in [0.5, 0.6) is 0 Å². The monoisotopic (exact) mass is 482 g/mol. The average Bonchev–Trinajstić information content (AvgIpc) is 3.28. The molecule has 2 heterocycles. The van der Waals surface area contributed by atoms with Crippen molar-refractivity contribution in [2.75, 3.05) is 20.1 Å². The van der Waals surface area contributed by atoms with Crippen LogP contribution in [-0.2, 0) is 12.8 Å². The van der Waals surface area contributed by atoms with Gasteiger partial charge < -0.3 is 20.1 Å². The summed E-state index contributed by atoms with van der Waals surface area (Å²) in [6.07, 6.45) is 3.67. The molecule has 3 aromatic rings. The molecular formula is C19H27IN6O. The van der Waals surface area contributed by atoms with Gasteiger partial charge in [-0.25, -0.2) is 0 Å². The molecule has 7 nitrogen and oxygen atoms in total. The highest BCUT2D eigenvalue weighted by Gasteiger charge is 2.09. The third-order valence-electron chi connectivity index (χ3n) is 4.22. The van der Waals surface area contributed by atoms with Gasteiger partial charge in [0.2, 0.25) is 5.89 Å². The van der Waals surface area contributed by atoms with Crippen molar-refractivity contribution in [1.29, 1.82) is 0 Å². The zero-order chi connectivity index (χ0) is 18.4. The SMILES string of the molecule is CN=C(NCCc1nc(C(C)C)no1)NCCc1c[nH]c2ccccc12.I. The second-order valence-electron chi connectivity index (χ2n) is 6.49. The van der Waals surface area contributed by atoms with E-state index in [1.165, 1.54) is 16.5 Å². The summed E-state index contributed by atoms with van der Waals surface area (Å²) in [7, 11) is 1.77. The number of nitrogens with zero attached hydrogens (tertiary/aromatic N) is 3. The van der Waals surface area contributed by atoms with Gasteiger partial charge >= 0.3 is 0 Å². The zero-order valence-corrected chi connectivity index (χ0v) is 18.3. The third kappa shape index (κ3) is 5.69. The fraction of sp³-hybridized carbons (Fsp3) is 0.421. The predicted molar refractivity (Wildman–Crippen MR) is 119 cm³/mol. The van der Waals surface area contributed by atoms with Gasteiger partial charge in [0.05, 0.1) is 0 Å². The van der Waals surface area contributed by atoms with Crippen molar-refractivity contribution < 1.29 is 4.52 Å². The Morgan fingerprint density at radius 1 is 1.19 bits per heavy atom. The summed E-state index contributed by atoms with van der Waals surface area (Å²) in [5.41, 5.74) is 2.47. The fourth-order valence-corrected chi connectivity index (χ4v) is 2.77. The molecule has 0 aliphatic rings. The topological polar surface area (TPSA) is 91.1 Å². The summed E-state index contributed by atoms with van der Waals surface area (Å²) in [4.78, 5) is 11.9. The van der Waals surface area contributed by atoms with Gasteiger partial charge in [-0.3, -0.25) is 4.99 Å². The van der Waals surface area contributed by atoms with Gasteiger partial charge in [0.1, 0.15) is 0 Å². The lowest BCUT2D eigenvalue weighted by Gasteiger charge is -2.10. The quantitative estimate of drug-likeness (QED) is 0.273. The Hall–Kier alpha value is -2.10. The Labute approximate surface area is 176 Å². The lowest BCUT2D eigenvalue weighted by molar-refractivity contribution is 0.371. The van der Waals surface area contributed by atoms with Gasteiger partial charge in [0.15, 0.2) is 11.8 Å². The third-order valence-corrected chi connectivity index (χ3v) is 4.22. The molecule has 146 valence electrons. The number of benzene rings is 1. The summed E-state index contributed by atoms with van der Waals surface area (Å²) < 4.78 is 5.25. The summed E-state index contributed by atoms with van der Waals surface area (Å²) in [5.74, 6) is 2.45. The van der Waals surface area contributed by atoms with Crippen LogP contribution in [0.25, 0.3) is 10.9 Å². The molecule has 0 atom stereocenters. The predicted octanol–water partition coefficient (Wildman–Crippen LogP) is 3.24. The smallest absolute Gasteiger partial charge is 0.228 e.